The van der Waals surface area contributed by atoms with Gasteiger partial charge in [-0.25, -0.2) is 4.79 Å². The molecule has 4 aromatic carbocycles. The van der Waals surface area contributed by atoms with E-state index in [0.29, 0.717) is 26.1 Å². The van der Waals surface area contributed by atoms with E-state index < -0.39 is 5.97 Å². The number of halogens is 2. The first kappa shape index (κ1) is 23.9. The van der Waals surface area contributed by atoms with Crippen LogP contribution in [0.4, 0.5) is 11.4 Å². The van der Waals surface area contributed by atoms with E-state index >= 15 is 0 Å². The molecule has 0 aliphatic heterocycles. The van der Waals surface area contributed by atoms with Crippen molar-refractivity contribution in [2.75, 3.05) is 11.9 Å². The Morgan fingerprint density at radius 2 is 1.32 bits per heavy atom. The van der Waals surface area contributed by atoms with Gasteiger partial charge in [0.15, 0.2) is 5.78 Å². The first-order chi connectivity index (χ1) is 16.3. The van der Waals surface area contributed by atoms with Gasteiger partial charge in [-0.3, -0.25) is 4.79 Å². The molecule has 4 nitrogen and oxygen atoms in total. The van der Waals surface area contributed by atoms with Crippen LogP contribution in [0.1, 0.15) is 26.3 Å². The third-order valence-corrected chi connectivity index (χ3v) is 6.63. The predicted molar refractivity (Wildman–Crippen MR) is 138 cm³/mol. The van der Waals surface area contributed by atoms with Gasteiger partial charge in [0, 0.05) is 49.4 Å². The molecule has 4 rings (SSSR count). The summed E-state index contributed by atoms with van der Waals surface area (Å²) in [7, 11) is 1.93. The van der Waals surface area contributed by atoms with E-state index in [-0.39, 0.29) is 11.3 Å². The van der Waals surface area contributed by atoms with Gasteiger partial charge in [-0.1, -0.05) is 41.0 Å². The Morgan fingerprint density at radius 1 is 0.706 bits per heavy atom. The van der Waals surface area contributed by atoms with Gasteiger partial charge in [-0.05, 0) is 84.9 Å². The fraction of sp³-hybridized carbons (Fsp3) is 0.0370. The summed E-state index contributed by atoms with van der Waals surface area (Å²) in [5.74, 6) is -1.35. The molecule has 0 aromatic heterocycles. The zero-order chi connectivity index (χ0) is 24.2. The minimum absolute atomic E-state index is 0.0504. The topological polar surface area (TPSA) is 57.6 Å². The highest BCUT2D eigenvalue weighted by Crippen LogP contribution is 2.32. The van der Waals surface area contributed by atoms with E-state index in [9.17, 15) is 14.7 Å². The molecule has 0 heterocycles. The minimum Gasteiger partial charge on any atom is -0.478 e. The maximum atomic E-state index is 13.2. The summed E-state index contributed by atoms with van der Waals surface area (Å²) in [6.07, 6.45) is 0. The number of nitrogens with zero attached hydrogens (tertiary/aromatic N) is 1. The van der Waals surface area contributed by atoms with Crippen LogP contribution in [0, 0.1) is 0 Å². The van der Waals surface area contributed by atoms with E-state index in [1.54, 1.807) is 36.4 Å². The maximum Gasteiger partial charge on any atom is 0.335 e. The van der Waals surface area contributed by atoms with Crippen molar-refractivity contribution >= 4 is 58.1 Å². The second-order valence-corrected chi connectivity index (χ2v) is 9.54. The van der Waals surface area contributed by atoms with Crippen molar-refractivity contribution < 1.29 is 14.7 Å². The highest BCUT2D eigenvalue weighted by atomic mass is 35.5. The van der Waals surface area contributed by atoms with Crippen LogP contribution in [0.3, 0.4) is 0 Å². The monoisotopic (exact) mass is 507 g/mol. The van der Waals surface area contributed by atoms with Gasteiger partial charge in [0.1, 0.15) is 0 Å². The molecule has 0 atom stereocenters. The van der Waals surface area contributed by atoms with Crippen molar-refractivity contribution in [2.24, 2.45) is 0 Å². The summed E-state index contributed by atoms with van der Waals surface area (Å²) >= 11 is 13.4. The van der Waals surface area contributed by atoms with Gasteiger partial charge in [0.2, 0.25) is 0 Å². The number of rotatable bonds is 7. The van der Waals surface area contributed by atoms with Crippen LogP contribution in [-0.2, 0) is 0 Å². The fourth-order valence-corrected chi connectivity index (χ4v) is 4.75. The Labute approximate surface area is 211 Å². The lowest BCUT2D eigenvalue weighted by Gasteiger charge is -2.19. The van der Waals surface area contributed by atoms with E-state index in [1.165, 1.54) is 17.8 Å². The SMILES string of the molecule is CN(c1ccc(Cl)cc1)c1ccc(C(=O)c2cc(Sc3cccc(Cl)c3)cc(C(=O)O)c2)cc1. The number of benzene rings is 4. The minimum atomic E-state index is -1.09. The van der Waals surface area contributed by atoms with Crippen molar-refractivity contribution in [3.63, 3.8) is 0 Å². The van der Waals surface area contributed by atoms with Crippen LogP contribution in [0.2, 0.25) is 10.0 Å². The number of anilines is 2. The van der Waals surface area contributed by atoms with Gasteiger partial charge in [0.05, 0.1) is 5.56 Å². The summed E-state index contributed by atoms with van der Waals surface area (Å²) < 4.78 is 0. The quantitative estimate of drug-likeness (QED) is 0.258. The smallest absolute Gasteiger partial charge is 0.335 e. The molecule has 0 bridgehead atoms. The van der Waals surface area contributed by atoms with Crippen molar-refractivity contribution in [2.45, 2.75) is 9.79 Å². The Balaban J connectivity index is 1.60. The normalized spacial score (nSPS) is 10.7. The predicted octanol–water partition coefficient (Wildman–Crippen LogP) is 7.84. The van der Waals surface area contributed by atoms with Crippen LogP contribution in [-0.4, -0.2) is 23.9 Å². The largest absolute Gasteiger partial charge is 0.478 e. The molecule has 0 saturated carbocycles. The second-order valence-electron chi connectivity index (χ2n) is 7.52. The number of carboxylic acid groups (broad SMARTS) is 1. The molecule has 0 aliphatic carbocycles. The van der Waals surface area contributed by atoms with Gasteiger partial charge < -0.3 is 10.0 Å². The molecule has 0 unspecified atom stereocenters. The first-order valence-corrected chi connectivity index (χ1v) is 11.8. The molecule has 4 aromatic rings. The molecule has 0 aliphatic rings. The summed E-state index contributed by atoms with van der Waals surface area (Å²) in [6, 6.07) is 26.6. The van der Waals surface area contributed by atoms with Crippen LogP contribution < -0.4 is 4.90 Å². The third kappa shape index (κ3) is 5.62. The summed E-state index contributed by atoms with van der Waals surface area (Å²) in [5.41, 5.74) is 2.68. The molecule has 0 fully saturated rings. The summed E-state index contributed by atoms with van der Waals surface area (Å²) in [6.45, 7) is 0. The number of hydrogen-bond donors (Lipinski definition) is 1. The standard InChI is InChI=1S/C27H19Cl2NO3S/c1-30(23-11-7-20(28)8-12-23)22-9-5-17(6-10-22)26(31)18-13-19(27(32)33)15-25(14-18)34-24-4-2-3-21(29)16-24/h2-16H,1H3,(H,32,33). The number of aromatic carboxylic acids is 1. The Hall–Kier alpha value is -3.25. The van der Waals surface area contributed by atoms with Crippen molar-refractivity contribution in [3.8, 4) is 0 Å². The molecule has 1 N–H and O–H groups in total. The molecule has 0 spiro atoms. The van der Waals surface area contributed by atoms with Gasteiger partial charge >= 0.3 is 5.97 Å². The highest BCUT2D eigenvalue weighted by Gasteiger charge is 2.16. The van der Waals surface area contributed by atoms with Crippen LogP contribution in [0.25, 0.3) is 0 Å². The molecular weight excluding hydrogens is 489 g/mol. The van der Waals surface area contributed by atoms with Crippen LogP contribution in [0.15, 0.2) is 101 Å². The van der Waals surface area contributed by atoms with E-state index in [2.05, 4.69) is 0 Å². The average Bonchev–Trinajstić information content (AvgIpc) is 2.83. The lowest BCUT2D eigenvalue weighted by atomic mass is 10.0. The molecular formula is C27H19Cl2NO3S. The van der Waals surface area contributed by atoms with Gasteiger partial charge in [0.25, 0.3) is 0 Å². The Bertz CT molecular complexity index is 1360. The van der Waals surface area contributed by atoms with Crippen molar-refractivity contribution in [1.29, 1.82) is 0 Å². The fourth-order valence-electron chi connectivity index (χ4n) is 3.40. The average molecular weight is 508 g/mol. The molecule has 0 amide bonds. The maximum absolute atomic E-state index is 13.2. The zero-order valence-electron chi connectivity index (χ0n) is 18.0. The second kappa shape index (κ2) is 10.3. The van der Waals surface area contributed by atoms with E-state index in [4.69, 9.17) is 23.2 Å². The van der Waals surface area contributed by atoms with Crippen LogP contribution in [0.5, 0.6) is 0 Å². The zero-order valence-corrected chi connectivity index (χ0v) is 20.4. The summed E-state index contributed by atoms with van der Waals surface area (Å²) in [5, 5.41) is 10.8. The van der Waals surface area contributed by atoms with Crippen LogP contribution >= 0.6 is 35.0 Å². The van der Waals surface area contributed by atoms with Gasteiger partial charge in [-0.15, -0.1) is 0 Å². The first-order valence-electron chi connectivity index (χ1n) is 10.3. The number of hydrogen-bond acceptors (Lipinski definition) is 4. The lowest BCUT2D eigenvalue weighted by Crippen LogP contribution is -2.10. The van der Waals surface area contributed by atoms with Crippen molar-refractivity contribution in [1.82, 2.24) is 0 Å². The molecule has 34 heavy (non-hydrogen) atoms. The van der Waals surface area contributed by atoms with E-state index in [0.717, 1.165) is 16.3 Å². The number of carboxylic acids is 1. The number of ketones is 1. The number of carbonyl (C=O) groups is 2. The lowest BCUT2D eigenvalue weighted by molar-refractivity contribution is 0.0696. The Morgan fingerprint density at radius 3 is 1.94 bits per heavy atom. The molecule has 0 saturated heterocycles. The Kier molecular flexibility index (Phi) is 7.27. The van der Waals surface area contributed by atoms with Crippen molar-refractivity contribution in [3.05, 3.63) is 118 Å². The molecule has 7 heteroatoms. The molecule has 0 radical (unpaired) electrons. The number of carbonyl (C=O) groups excluding carboxylic acids is 1. The molecule has 170 valence electrons. The highest BCUT2D eigenvalue weighted by molar-refractivity contribution is 7.99. The van der Waals surface area contributed by atoms with E-state index in [1.807, 2.05) is 60.5 Å². The summed E-state index contributed by atoms with van der Waals surface area (Å²) in [4.78, 5) is 28.4. The third-order valence-electron chi connectivity index (χ3n) is 5.18. The van der Waals surface area contributed by atoms with Gasteiger partial charge in [-0.2, -0.15) is 0 Å².